The highest BCUT2D eigenvalue weighted by molar-refractivity contribution is 6.31. The second kappa shape index (κ2) is 6.26. The van der Waals surface area contributed by atoms with E-state index < -0.39 is 0 Å². The van der Waals surface area contributed by atoms with Crippen LogP contribution in [0.4, 0.5) is 0 Å². The molecule has 0 bridgehead atoms. The van der Waals surface area contributed by atoms with E-state index in [1.165, 1.54) is 0 Å². The molecule has 0 aliphatic rings. The molecule has 0 fully saturated rings. The quantitative estimate of drug-likeness (QED) is 0.378. The zero-order chi connectivity index (χ0) is 14.6. The average molecular weight is 284 g/mol. The summed E-state index contributed by atoms with van der Waals surface area (Å²) in [5.74, 6) is 0.0655. The Morgan fingerprint density at radius 3 is 2.58 bits per heavy atom. The molecule has 0 aromatic heterocycles. The number of hydrogen-bond donors (Lipinski definition) is 2. The van der Waals surface area contributed by atoms with Crippen molar-refractivity contribution in [1.29, 1.82) is 0 Å². The van der Waals surface area contributed by atoms with Crippen molar-refractivity contribution >= 4 is 17.4 Å². The van der Waals surface area contributed by atoms with E-state index in [0.29, 0.717) is 10.6 Å². The second-order valence-corrected chi connectivity index (χ2v) is 5.72. The van der Waals surface area contributed by atoms with Crippen molar-refractivity contribution in [2.75, 3.05) is 7.05 Å². The van der Waals surface area contributed by atoms with E-state index in [4.69, 9.17) is 22.5 Å². The number of amidine groups is 1. The highest BCUT2D eigenvalue weighted by Crippen LogP contribution is 2.24. The number of rotatable bonds is 5. The van der Waals surface area contributed by atoms with Gasteiger partial charge in [0.2, 0.25) is 0 Å². The summed E-state index contributed by atoms with van der Waals surface area (Å²) in [6.45, 7) is 7.33. The van der Waals surface area contributed by atoms with E-state index in [1.54, 1.807) is 6.07 Å². The summed E-state index contributed by atoms with van der Waals surface area (Å²) in [7, 11) is 2.08. The molecule has 0 aliphatic carbocycles. The Morgan fingerprint density at radius 1 is 1.47 bits per heavy atom. The molecule has 0 radical (unpaired) electrons. The van der Waals surface area contributed by atoms with Gasteiger partial charge >= 0.3 is 0 Å². The lowest BCUT2D eigenvalue weighted by molar-refractivity contribution is 0.143. The van der Waals surface area contributed by atoms with Gasteiger partial charge in [0.05, 0.1) is 0 Å². The van der Waals surface area contributed by atoms with Crippen LogP contribution in [0.3, 0.4) is 0 Å². The van der Waals surface area contributed by atoms with Crippen LogP contribution >= 0.6 is 11.6 Å². The largest absolute Gasteiger partial charge is 0.409 e. The molecule has 106 valence electrons. The van der Waals surface area contributed by atoms with Crippen LogP contribution in [0.25, 0.3) is 0 Å². The summed E-state index contributed by atoms with van der Waals surface area (Å²) in [5.41, 5.74) is 7.30. The first-order chi connectivity index (χ1) is 8.81. The van der Waals surface area contributed by atoms with Crippen LogP contribution in [-0.2, 0) is 6.54 Å². The van der Waals surface area contributed by atoms with Crippen molar-refractivity contribution in [2.45, 2.75) is 39.3 Å². The third-order valence-electron chi connectivity index (χ3n) is 3.76. The third kappa shape index (κ3) is 3.85. The molecule has 19 heavy (non-hydrogen) atoms. The minimum atomic E-state index is 0.0655. The Morgan fingerprint density at radius 2 is 2.11 bits per heavy atom. The molecule has 4 nitrogen and oxygen atoms in total. The molecule has 0 aliphatic heterocycles. The Bertz CT molecular complexity index is 472. The van der Waals surface area contributed by atoms with E-state index in [2.05, 4.69) is 37.9 Å². The van der Waals surface area contributed by atoms with E-state index in [9.17, 15) is 0 Å². The monoisotopic (exact) mass is 283 g/mol. The first-order valence-corrected chi connectivity index (χ1v) is 6.67. The lowest BCUT2D eigenvalue weighted by Gasteiger charge is -2.35. The summed E-state index contributed by atoms with van der Waals surface area (Å²) in [6.07, 6.45) is 1.06. The summed E-state index contributed by atoms with van der Waals surface area (Å²) in [6, 6.07) is 5.44. The Kier molecular flexibility index (Phi) is 5.20. The predicted octanol–water partition coefficient (Wildman–Crippen LogP) is 3.05. The summed E-state index contributed by atoms with van der Waals surface area (Å²) in [5, 5.41) is 12.2. The Balaban J connectivity index is 2.93. The molecule has 0 unspecified atom stereocenters. The lowest BCUT2D eigenvalue weighted by atomic mass is 9.99. The SMILES string of the molecule is CCC(C)(C)N(C)Cc1ccc(/C(N)=N/O)cc1Cl. The number of benzene rings is 1. The fourth-order valence-electron chi connectivity index (χ4n) is 1.63. The molecule has 3 N–H and O–H groups in total. The normalized spacial score (nSPS) is 13.1. The Hall–Kier alpha value is -1.26. The summed E-state index contributed by atoms with van der Waals surface area (Å²) < 4.78 is 0. The number of halogens is 1. The summed E-state index contributed by atoms with van der Waals surface area (Å²) in [4.78, 5) is 2.26. The first kappa shape index (κ1) is 15.8. The molecule has 1 rings (SSSR count). The van der Waals surface area contributed by atoms with Gasteiger partial charge in [-0.25, -0.2) is 0 Å². The second-order valence-electron chi connectivity index (χ2n) is 5.31. The van der Waals surface area contributed by atoms with Crippen LogP contribution in [0.2, 0.25) is 5.02 Å². The van der Waals surface area contributed by atoms with Crippen molar-refractivity contribution in [3.63, 3.8) is 0 Å². The van der Waals surface area contributed by atoms with Crippen molar-refractivity contribution in [3.8, 4) is 0 Å². The molecule has 0 atom stereocenters. The predicted molar refractivity (Wildman–Crippen MR) is 79.8 cm³/mol. The van der Waals surface area contributed by atoms with Gasteiger partial charge in [0, 0.05) is 22.7 Å². The maximum atomic E-state index is 8.64. The van der Waals surface area contributed by atoms with E-state index in [-0.39, 0.29) is 11.4 Å². The van der Waals surface area contributed by atoms with Crippen LogP contribution < -0.4 is 5.73 Å². The molecule has 0 spiro atoms. The van der Waals surface area contributed by atoms with Gasteiger partial charge in [-0.05, 0) is 38.9 Å². The van der Waals surface area contributed by atoms with Crippen LogP contribution in [0.15, 0.2) is 23.4 Å². The average Bonchev–Trinajstić information content (AvgIpc) is 2.39. The maximum Gasteiger partial charge on any atom is 0.170 e. The van der Waals surface area contributed by atoms with E-state index in [1.807, 2.05) is 12.1 Å². The maximum absolute atomic E-state index is 8.64. The fourth-order valence-corrected chi connectivity index (χ4v) is 1.87. The van der Waals surface area contributed by atoms with Crippen molar-refractivity contribution in [1.82, 2.24) is 4.90 Å². The van der Waals surface area contributed by atoms with Crippen molar-refractivity contribution in [2.24, 2.45) is 10.9 Å². The Labute approximate surface area is 119 Å². The zero-order valence-corrected chi connectivity index (χ0v) is 12.7. The standard InChI is InChI=1S/C14H22ClN3O/c1-5-14(2,3)18(4)9-11-7-6-10(8-12(11)15)13(16)17-19/h6-8,19H,5,9H2,1-4H3,(H2,16,17). The van der Waals surface area contributed by atoms with Gasteiger partial charge in [0.15, 0.2) is 5.84 Å². The van der Waals surface area contributed by atoms with Gasteiger partial charge in [-0.15, -0.1) is 0 Å². The highest BCUT2D eigenvalue weighted by atomic mass is 35.5. The molecule has 1 aromatic carbocycles. The van der Waals surface area contributed by atoms with E-state index in [0.717, 1.165) is 18.5 Å². The van der Waals surface area contributed by atoms with E-state index >= 15 is 0 Å². The van der Waals surface area contributed by atoms with Crippen LogP contribution in [0.5, 0.6) is 0 Å². The fraction of sp³-hybridized carbons (Fsp3) is 0.500. The topological polar surface area (TPSA) is 61.8 Å². The molecule has 5 heteroatoms. The number of nitrogens with zero attached hydrogens (tertiary/aromatic N) is 2. The molecule has 0 saturated heterocycles. The minimum absolute atomic E-state index is 0.0655. The van der Waals surface area contributed by atoms with Crippen LogP contribution in [-0.4, -0.2) is 28.5 Å². The summed E-state index contributed by atoms with van der Waals surface area (Å²) >= 11 is 6.25. The van der Waals surface area contributed by atoms with Gasteiger partial charge in [-0.1, -0.05) is 35.8 Å². The number of hydrogen-bond acceptors (Lipinski definition) is 3. The molecular weight excluding hydrogens is 262 g/mol. The first-order valence-electron chi connectivity index (χ1n) is 6.29. The van der Waals surface area contributed by atoms with Gasteiger partial charge in [-0.3, -0.25) is 4.90 Å². The van der Waals surface area contributed by atoms with Crippen molar-refractivity contribution < 1.29 is 5.21 Å². The lowest BCUT2D eigenvalue weighted by Crippen LogP contribution is -2.39. The smallest absolute Gasteiger partial charge is 0.170 e. The minimum Gasteiger partial charge on any atom is -0.409 e. The zero-order valence-electron chi connectivity index (χ0n) is 11.9. The van der Waals surface area contributed by atoms with Gasteiger partial charge in [0.25, 0.3) is 0 Å². The van der Waals surface area contributed by atoms with Gasteiger partial charge < -0.3 is 10.9 Å². The van der Waals surface area contributed by atoms with Crippen LogP contribution in [0.1, 0.15) is 38.3 Å². The third-order valence-corrected chi connectivity index (χ3v) is 4.11. The molecule has 0 amide bonds. The molecule has 0 heterocycles. The molecular formula is C14H22ClN3O. The van der Waals surface area contributed by atoms with Gasteiger partial charge in [0.1, 0.15) is 0 Å². The number of nitrogens with two attached hydrogens (primary N) is 1. The highest BCUT2D eigenvalue weighted by Gasteiger charge is 2.21. The van der Waals surface area contributed by atoms with Crippen molar-refractivity contribution in [3.05, 3.63) is 34.3 Å². The van der Waals surface area contributed by atoms with Crippen LogP contribution in [0, 0.1) is 0 Å². The van der Waals surface area contributed by atoms with Gasteiger partial charge in [-0.2, -0.15) is 0 Å². The molecule has 0 saturated carbocycles. The number of oxime groups is 1. The molecule has 1 aromatic rings.